The molecule has 1 heterocycles. The topological polar surface area (TPSA) is 51.2 Å². The Kier molecular flexibility index (Phi) is 6.00. The lowest BCUT2D eigenvalue weighted by Crippen LogP contribution is -2.14. The highest BCUT2D eigenvalue weighted by molar-refractivity contribution is 9.10. The van der Waals surface area contributed by atoms with Gasteiger partial charge in [0.15, 0.2) is 11.6 Å². The number of aryl methyl sites for hydroxylation is 1. The van der Waals surface area contributed by atoms with Crippen LogP contribution in [-0.4, -0.2) is 10.9 Å². The summed E-state index contributed by atoms with van der Waals surface area (Å²) in [4.78, 5) is 16.5. The van der Waals surface area contributed by atoms with Gasteiger partial charge in [-0.1, -0.05) is 33.6 Å². The van der Waals surface area contributed by atoms with Crippen LogP contribution in [0, 0.1) is 12.7 Å². The molecular weight excluding hydrogens is 419 g/mol. The number of anilines is 1. The Labute approximate surface area is 163 Å². The average molecular weight is 435 g/mol. The van der Waals surface area contributed by atoms with Crippen molar-refractivity contribution in [2.24, 2.45) is 0 Å². The van der Waals surface area contributed by atoms with E-state index in [9.17, 15) is 9.18 Å². The summed E-state index contributed by atoms with van der Waals surface area (Å²) in [6.07, 6.45) is 0.186. The van der Waals surface area contributed by atoms with Crippen LogP contribution in [0.25, 0.3) is 0 Å². The third-order valence-electron chi connectivity index (χ3n) is 3.52. The fraction of sp³-hybridized carbons (Fsp3) is 0.158. The van der Waals surface area contributed by atoms with E-state index < -0.39 is 5.82 Å². The molecule has 0 aliphatic rings. The summed E-state index contributed by atoms with van der Waals surface area (Å²) >= 11 is 4.58. The second kappa shape index (κ2) is 8.42. The number of halogens is 2. The maximum Gasteiger partial charge on any atom is 0.231 e. The first kappa shape index (κ1) is 18.5. The van der Waals surface area contributed by atoms with Crippen LogP contribution in [0.2, 0.25) is 0 Å². The molecule has 1 aromatic heterocycles. The Balaban J connectivity index is 1.54. The third-order valence-corrected chi connectivity index (χ3v) is 4.91. The smallest absolute Gasteiger partial charge is 0.231 e. The molecule has 2 aromatic carbocycles. The van der Waals surface area contributed by atoms with Gasteiger partial charge in [0.2, 0.25) is 5.91 Å². The van der Waals surface area contributed by atoms with Gasteiger partial charge < -0.3 is 10.1 Å². The minimum atomic E-state index is -0.438. The molecule has 1 amide bonds. The third kappa shape index (κ3) is 5.12. The molecule has 1 N–H and O–H groups in total. The lowest BCUT2D eigenvalue weighted by Gasteiger charge is -2.05. The molecule has 26 heavy (non-hydrogen) atoms. The van der Waals surface area contributed by atoms with E-state index in [0.29, 0.717) is 15.2 Å². The highest BCUT2D eigenvalue weighted by Crippen LogP contribution is 2.22. The first-order chi connectivity index (χ1) is 12.5. The van der Waals surface area contributed by atoms with Gasteiger partial charge in [-0.05, 0) is 37.3 Å². The Bertz CT molecular complexity index is 912. The second-order valence-corrected chi connectivity index (χ2v) is 7.55. The minimum Gasteiger partial charge on any atom is -0.484 e. The van der Waals surface area contributed by atoms with Crippen molar-refractivity contribution < 1.29 is 13.9 Å². The monoisotopic (exact) mass is 434 g/mol. The number of hydrogen-bond donors (Lipinski definition) is 1. The SMILES string of the molecule is Cc1ccc(NC(=O)Cc2nc(COc3ccc(Br)cc3F)cs2)cc1. The maximum atomic E-state index is 13.7. The van der Waals surface area contributed by atoms with Crippen molar-refractivity contribution in [3.8, 4) is 5.75 Å². The van der Waals surface area contributed by atoms with Crippen LogP contribution >= 0.6 is 27.3 Å². The van der Waals surface area contributed by atoms with Crippen molar-refractivity contribution >= 4 is 38.9 Å². The number of rotatable bonds is 6. The molecule has 0 saturated carbocycles. The molecule has 0 unspecified atom stereocenters. The van der Waals surface area contributed by atoms with E-state index in [2.05, 4.69) is 26.2 Å². The molecule has 134 valence electrons. The molecule has 0 radical (unpaired) electrons. The van der Waals surface area contributed by atoms with Gasteiger partial charge in [-0.15, -0.1) is 11.3 Å². The van der Waals surface area contributed by atoms with Gasteiger partial charge in [0.25, 0.3) is 0 Å². The van der Waals surface area contributed by atoms with Crippen molar-refractivity contribution in [3.63, 3.8) is 0 Å². The van der Waals surface area contributed by atoms with E-state index in [1.807, 2.05) is 36.6 Å². The molecular formula is C19H16BrFN2O2S. The van der Waals surface area contributed by atoms with Crippen LogP contribution in [0.1, 0.15) is 16.3 Å². The van der Waals surface area contributed by atoms with E-state index in [4.69, 9.17) is 4.74 Å². The summed E-state index contributed by atoms with van der Waals surface area (Å²) in [7, 11) is 0. The number of hydrogen-bond acceptors (Lipinski definition) is 4. The average Bonchev–Trinajstić information content (AvgIpc) is 3.03. The number of benzene rings is 2. The number of aromatic nitrogens is 1. The van der Waals surface area contributed by atoms with Gasteiger partial charge in [0.1, 0.15) is 11.6 Å². The normalized spacial score (nSPS) is 10.6. The molecule has 0 bridgehead atoms. The van der Waals surface area contributed by atoms with Crippen molar-refractivity contribution in [2.75, 3.05) is 5.32 Å². The van der Waals surface area contributed by atoms with E-state index in [-0.39, 0.29) is 24.7 Å². The van der Waals surface area contributed by atoms with Gasteiger partial charge in [0.05, 0.1) is 12.1 Å². The van der Waals surface area contributed by atoms with Crippen LogP contribution in [-0.2, 0) is 17.8 Å². The van der Waals surface area contributed by atoms with Gasteiger partial charge >= 0.3 is 0 Å². The van der Waals surface area contributed by atoms with E-state index in [1.165, 1.54) is 17.4 Å². The summed E-state index contributed by atoms with van der Waals surface area (Å²) in [6, 6.07) is 12.2. The van der Waals surface area contributed by atoms with Crippen molar-refractivity contribution in [3.05, 3.63) is 74.4 Å². The highest BCUT2D eigenvalue weighted by Gasteiger charge is 2.10. The predicted octanol–water partition coefficient (Wildman–Crippen LogP) is 5.11. The Morgan fingerprint density at radius 1 is 1.27 bits per heavy atom. The largest absolute Gasteiger partial charge is 0.484 e. The van der Waals surface area contributed by atoms with Crippen molar-refractivity contribution in [1.82, 2.24) is 4.98 Å². The van der Waals surface area contributed by atoms with E-state index in [1.54, 1.807) is 12.1 Å². The Hall–Kier alpha value is -2.25. The van der Waals surface area contributed by atoms with Crippen LogP contribution in [0.15, 0.2) is 52.3 Å². The molecule has 0 spiro atoms. The van der Waals surface area contributed by atoms with Gasteiger partial charge in [0, 0.05) is 15.5 Å². The molecule has 4 nitrogen and oxygen atoms in total. The zero-order valence-electron chi connectivity index (χ0n) is 14.0. The predicted molar refractivity (Wildman–Crippen MR) is 104 cm³/mol. The van der Waals surface area contributed by atoms with E-state index >= 15 is 0 Å². The zero-order valence-corrected chi connectivity index (χ0v) is 16.4. The quantitative estimate of drug-likeness (QED) is 0.585. The molecule has 0 fully saturated rings. The van der Waals surface area contributed by atoms with Gasteiger partial charge in [-0.25, -0.2) is 9.37 Å². The molecule has 0 aliphatic carbocycles. The van der Waals surface area contributed by atoms with Crippen LogP contribution in [0.3, 0.4) is 0 Å². The van der Waals surface area contributed by atoms with Crippen molar-refractivity contribution in [1.29, 1.82) is 0 Å². The summed E-state index contributed by atoms with van der Waals surface area (Å²) in [5.41, 5.74) is 2.55. The minimum absolute atomic E-state index is 0.130. The molecule has 0 saturated heterocycles. The summed E-state index contributed by atoms with van der Waals surface area (Å²) in [6.45, 7) is 2.14. The van der Waals surface area contributed by atoms with Gasteiger partial charge in [-0.3, -0.25) is 4.79 Å². The fourth-order valence-corrected chi connectivity index (χ4v) is 3.33. The molecule has 3 rings (SSSR count). The Morgan fingerprint density at radius 3 is 2.77 bits per heavy atom. The lowest BCUT2D eigenvalue weighted by atomic mass is 10.2. The second-order valence-electron chi connectivity index (χ2n) is 5.69. The standard InChI is InChI=1S/C19H16BrFN2O2S/c1-12-2-5-14(6-3-12)22-18(24)9-19-23-15(11-26-19)10-25-17-7-4-13(20)8-16(17)21/h2-8,11H,9-10H2,1H3,(H,22,24). The van der Waals surface area contributed by atoms with Crippen LogP contribution < -0.4 is 10.1 Å². The number of carbonyl (C=O) groups excluding carboxylic acids is 1. The molecule has 0 aliphatic heterocycles. The Morgan fingerprint density at radius 2 is 2.04 bits per heavy atom. The van der Waals surface area contributed by atoms with Crippen LogP contribution in [0.4, 0.5) is 10.1 Å². The molecule has 7 heteroatoms. The number of nitrogens with one attached hydrogen (secondary N) is 1. The first-order valence-corrected chi connectivity index (χ1v) is 9.54. The zero-order chi connectivity index (χ0) is 18.5. The first-order valence-electron chi connectivity index (χ1n) is 7.87. The van der Waals surface area contributed by atoms with Gasteiger partial charge in [-0.2, -0.15) is 0 Å². The fourth-order valence-electron chi connectivity index (χ4n) is 2.22. The molecule has 3 aromatic rings. The van der Waals surface area contributed by atoms with Crippen LogP contribution in [0.5, 0.6) is 5.75 Å². The number of ether oxygens (including phenoxy) is 1. The maximum absolute atomic E-state index is 13.7. The highest BCUT2D eigenvalue weighted by atomic mass is 79.9. The van der Waals surface area contributed by atoms with E-state index in [0.717, 1.165) is 11.3 Å². The summed E-state index contributed by atoms with van der Waals surface area (Å²) < 4.78 is 19.8. The lowest BCUT2D eigenvalue weighted by molar-refractivity contribution is -0.115. The molecule has 0 atom stereocenters. The number of carbonyl (C=O) groups is 1. The van der Waals surface area contributed by atoms with Crippen molar-refractivity contribution in [2.45, 2.75) is 20.0 Å². The number of thiazole rings is 1. The summed E-state index contributed by atoms with van der Waals surface area (Å²) in [5.74, 6) is -0.401. The summed E-state index contributed by atoms with van der Waals surface area (Å²) in [5, 5.41) is 5.34. The number of amides is 1. The number of nitrogens with zero attached hydrogens (tertiary/aromatic N) is 1.